The van der Waals surface area contributed by atoms with E-state index in [9.17, 15) is 28.8 Å². The van der Waals surface area contributed by atoms with Crippen molar-refractivity contribution in [3.8, 4) is 0 Å². The monoisotopic (exact) mass is 371 g/mol. The highest BCUT2D eigenvalue weighted by molar-refractivity contribution is 6.23. The number of nitrogens with one attached hydrogen (secondary N) is 2. The third-order valence-electron chi connectivity index (χ3n) is 4.43. The second-order valence-corrected chi connectivity index (χ2v) is 6.32. The molecule has 2 N–H and O–H groups in total. The summed E-state index contributed by atoms with van der Waals surface area (Å²) in [5.41, 5.74) is 0.606. The van der Waals surface area contributed by atoms with Crippen LogP contribution in [-0.2, 0) is 19.2 Å². The zero-order valence-electron chi connectivity index (χ0n) is 14.3. The molecule has 4 rings (SSSR count). The molecule has 3 aliphatic rings. The number of imide groups is 3. The number of hydrogen-bond donors (Lipinski definition) is 2. The number of amides is 6. The molecule has 0 aliphatic carbocycles. The first-order valence-electron chi connectivity index (χ1n) is 8.52. The standard InChI is InChI=1S/C13H10N2O4.C5H7NO2/c16-10-6-5-9(11(17)14-10)15-12(18)7-3-1-2-4-8(7)13(15)19;7-4-2-1-3-5(8)6-4/h1-4,9H,5-6H2,(H,14,16,17);1-3H2,(H,6,7,8). The van der Waals surface area contributed by atoms with Gasteiger partial charge in [0.2, 0.25) is 23.6 Å². The summed E-state index contributed by atoms with van der Waals surface area (Å²) in [6.07, 6.45) is 2.03. The molecule has 0 bridgehead atoms. The van der Waals surface area contributed by atoms with Crippen molar-refractivity contribution in [1.82, 2.24) is 15.5 Å². The predicted octanol–water partition coefficient (Wildman–Crippen LogP) is -0.0991. The zero-order valence-corrected chi connectivity index (χ0v) is 14.3. The molecule has 2 saturated heterocycles. The van der Waals surface area contributed by atoms with Gasteiger partial charge in [-0.1, -0.05) is 12.1 Å². The smallest absolute Gasteiger partial charge is 0.262 e. The van der Waals surface area contributed by atoms with Crippen LogP contribution in [0, 0.1) is 0 Å². The fraction of sp³-hybridized carbons (Fsp3) is 0.333. The van der Waals surface area contributed by atoms with E-state index >= 15 is 0 Å². The molecule has 6 amide bonds. The summed E-state index contributed by atoms with van der Waals surface area (Å²) in [5, 5.41) is 4.35. The van der Waals surface area contributed by atoms with Crippen LogP contribution in [0.5, 0.6) is 0 Å². The van der Waals surface area contributed by atoms with Crippen LogP contribution in [0.15, 0.2) is 24.3 Å². The lowest BCUT2D eigenvalue weighted by Gasteiger charge is -2.27. The molecule has 2 fully saturated rings. The summed E-state index contributed by atoms with van der Waals surface area (Å²) < 4.78 is 0. The maximum atomic E-state index is 12.2. The quantitative estimate of drug-likeness (QED) is 0.663. The van der Waals surface area contributed by atoms with Crippen LogP contribution in [0.25, 0.3) is 0 Å². The molecule has 140 valence electrons. The Labute approximate surface area is 154 Å². The van der Waals surface area contributed by atoms with Crippen LogP contribution in [0.3, 0.4) is 0 Å². The SMILES string of the molecule is O=C1CCC(N2C(=O)c3ccccc3C2=O)C(=O)N1.O=C1CCCC(=O)N1. The van der Waals surface area contributed by atoms with Gasteiger partial charge < -0.3 is 0 Å². The van der Waals surface area contributed by atoms with Gasteiger partial charge in [0.25, 0.3) is 11.8 Å². The fourth-order valence-electron chi connectivity index (χ4n) is 3.11. The Morgan fingerprint density at radius 2 is 1.26 bits per heavy atom. The van der Waals surface area contributed by atoms with Gasteiger partial charge in [0.1, 0.15) is 6.04 Å². The van der Waals surface area contributed by atoms with Crippen molar-refractivity contribution < 1.29 is 28.8 Å². The van der Waals surface area contributed by atoms with E-state index in [0.29, 0.717) is 30.4 Å². The first kappa shape index (κ1) is 18.4. The van der Waals surface area contributed by atoms with Crippen LogP contribution in [0.1, 0.15) is 52.8 Å². The largest absolute Gasteiger partial charge is 0.296 e. The van der Waals surface area contributed by atoms with Crippen LogP contribution in [0.4, 0.5) is 0 Å². The van der Waals surface area contributed by atoms with Crippen molar-refractivity contribution >= 4 is 35.4 Å². The van der Waals surface area contributed by atoms with Gasteiger partial charge in [0.15, 0.2) is 0 Å². The summed E-state index contributed by atoms with van der Waals surface area (Å²) in [6.45, 7) is 0. The molecule has 0 spiro atoms. The molecule has 0 aromatic heterocycles. The van der Waals surface area contributed by atoms with Gasteiger partial charge in [0, 0.05) is 19.3 Å². The highest BCUT2D eigenvalue weighted by Crippen LogP contribution is 2.26. The van der Waals surface area contributed by atoms with E-state index in [4.69, 9.17) is 0 Å². The van der Waals surface area contributed by atoms with E-state index < -0.39 is 23.8 Å². The average molecular weight is 371 g/mol. The second-order valence-electron chi connectivity index (χ2n) is 6.32. The van der Waals surface area contributed by atoms with Crippen molar-refractivity contribution in [2.45, 2.75) is 38.1 Å². The first-order chi connectivity index (χ1) is 12.9. The van der Waals surface area contributed by atoms with Crippen molar-refractivity contribution in [1.29, 1.82) is 0 Å². The minimum atomic E-state index is -0.898. The molecule has 1 aromatic carbocycles. The molecule has 3 heterocycles. The number of piperidine rings is 2. The fourth-order valence-corrected chi connectivity index (χ4v) is 3.11. The lowest BCUT2D eigenvalue weighted by atomic mass is 10.0. The molecular formula is C18H17N3O6. The number of carbonyl (C=O) groups is 6. The molecule has 0 radical (unpaired) electrons. The molecule has 9 heteroatoms. The van der Waals surface area contributed by atoms with Crippen LogP contribution in [0.2, 0.25) is 0 Å². The van der Waals surface area contributed by atoms with Crippen molar-refractivity contribution in [2.24, 2.45) is 0 Å². The van der Waals surface area contributed by atoms with E-state index in [1.165, 1.54) is 0 Å². The Morgan fingerprint density at radius 3 is 1.70 bits per heavy atom. The Bertz CT molecular complexity index is 813. The maximum Gasteiger partial charge on any atom is 0.262 e. The zero-order chi connectivity index (χ0) is 19.6. The van der Waals surface area contributed by atoms with Gasteiger partial charge in [0.05, 0.1) is 11.1 Å². The second kappa shape index (κ2) is 7.48. The predicted molar refractivity (Wildman–Crippen MR) is 90.1 cm³/mol. The van der Waals surface area contributed by atoms with E-state index in [1.807, 2.05) is 0 Å². The first-order valence-corrected chi connectivity index (χ1v) is 8.52. The van der Waals surface area contributed by atoms with Crippen LogP contribution < -0.4 is 10.6 Å². The lowest BCUT2D eigenvalue weighted by molar-refractivity contribution is -0.136. The molecule has 1 aromatic rings. The number of nitrogens with zero attached hydrogens (tertiary/aromatic N) is 1. The molecule has 9 nitrogen and oxygen atoms in total. The van der Waals surface area contributed by atoms with Crippen molar-refractivity contribution in [2.75, 3.05) is 0 Å². The van der Waals surface area contributed by atoms with Crippen LogP contribution >= 0.6 is 0 Å². The summed E-state index contributed by atoms with van der Waals surface area (Å²) in [6, 6.07) is 5.55. The van der Waals surface area contributed by atoms with E-state index in [0.717, 1.165) is 4.90 Å². The van der Waals surface area contributed by atoms with Gasteiger partial charge in [-0.2, -0.15) is 0 Å². The number of rotatable bonds is 1. The highest BCUT2D eigenvalue weighted by Gasteiger charge is 2.44. The highest BCUT2D eigenvalue weighted by atomic mass is 16.2. The average Bonchev–Trinajstić information content (AvgIpc) is 2.87. The van der Waals surface area contributed by atoms with Gasteiger partial charge in [-0.3, -0.25) is 44.3 Å². The normalized spacial score (nSPS) is 21.9. The molecule has 1 atom stereocenters. The topological polar surface area (TPSA) is 130 Å². The van der Waals surface area contributed by atoms with Crippen molar-refractivity contribution in [3.05, 3.63) is 35.4 Å². The molecular weight excluding hydrogens is 354 g/mol. The van der Waals surface area contributed by atoms with Gasteiger partial charge in [-0.05, 0) is 25.0 Å². The molecule has 1 unspecified atom stereocenters. The lowest BCUT2D eigenvalue weighted by Crippen LogP contribution is -2.54. The third kappa shape index (κ3) is 3.76. The third-order valence-corrected chi connectivity index (χ3v) is 4.43. The van der Waals surface area contributed by atoms with E-state index in [-0.39, 0.29) is 30.6 Å². The van der Waals surface area contributed by atoms with Gasteiger partial charge in [-0.25, -0.2) is 0 Å². The Kier molecular flexibility index (Phi) is 5.11. The minimum absolute atomic E-state index is 0.129. The molecule has 27 heavy (non-hydrogen) atoms. The summed E-state index contributed by atoms with van der Waals surface area (Å²) in [4.78, 5) is 68.8. The Hall–Kier alpha value is -3.36. The summed E-state index contributed by atoms with van der Waals surface area (Å²) in [5.74, 6) is -2.20. The van der Waals surface area contributed by atoms with E-state index in [2.05, 4.69) is 10.6 Å². The minimum Gasteiger partial charge on any atom is -0.296 e. The van der Waals surface area contributed by atoms with Crippen LogP contribution in [-0.4, -0.2) is 46.4 Å². The van der Waals surface area contributed by atoms with Crippen molar-refractivity contribution in [3.63, 3.8) is 0 Å². The van der Waals surface area contributed by atoms with Gasteiger partial charge >= 0.3 is 0 Å². The summed E-state index contributed by atoms with van der Waals surface area (Å²) in [7, 11) is 0. The number of fused-ring (bicyclic) bond motifs is 1. The number of carbonyl (C=O) groups excluding carboxylic acids is 6. The molecule has 3 aliphatic heterocycles. The maximum absolute atomic E-state index is 12.2. The number of benzene rings is 1. The Balaban J connectivity index is 0.000000221. The van der Waals surface area contributed by atoms with E-state index in [1.54, 1.807) is 24.3 Å². The number of hydrogen-bond acceptors (Lipinski definition) is 6. The van der Waals surface area contributed by atoms with Gasteiger partial charge in [-0.15, -0.1) is 0 Å². The Morgan fingerprint density at radius 1 is 0.741 bits per heavy atom. The molecule has 0 saturated carbocycles. The summed E-state index contributed by atoms with van der Waals surface area (Å²) >= 11 is 0.